The maximum Gasteiger partial charge on any atom is 0.0697 e. The summed E-state index contributed by atoms with van der Waals surface area (Å²) >= 11 is 0. The third-order valence-corrected chi connectivity index (χ3v) is 9.05. The summed E-state index contributed by atoms with van der Waals surface area (Å²) in [5.74, 6) is 0. The lowest BCUT2D eigenvalue weighted by Crippen LogP contribution is -2.00. The van der Waals surface area contributed by atoms with Crippen LogP contribution in [0.25, 0.3) is 77.2 Å². The van der Waals surface area contributed by atoms with Crippen molar-refractivity contribution in [2.24, 2.45) is 0 Å². The Hall–Kier alpha value is -6.06. The van der Waals surface area contributed by atoms with Crippen molar-refractivity contribution in [3.8, 4) is 33.6 Å². The summed E-state index contributed by atoms with van der Waals surface area (Å²) in [6.45, 7) is 0. The van der Waals surface area contributed by atoms with Gasteiger partial charge in [-0.15, -0.1) is 0 Å². The highest BCUT2D eigenvalue weighted by atomic mass is 15.0. The van der Waals surface area contributed by atoms with Crippen LogP contribution in [0.4, 0.5) is 5.69 Å². The first-order chi connectivity index (χ1) is 22.2. The average molecular weight is 576 g/mol. The van der Waals surface area contributed by atoms with Crippen LogP contribution >= 0.6 is 0 Å². The van der Waals surface area contributed by atoms with E-state index in [1.54, 1.807) is 0 Å². The molecule has 3 heteroatoms. The first kappa shape index (κ1) is 25.4. The SMILES string of the molecule is Nc1ccc(-c2cc(-c3ccccc3)cc(-n3c4ccccc4c4ccccc43)c2)cc1-n1c2ccccc2c2ccccc21. The summed E-state index contributed by atoms with van der Waals surface area (Å²) in [5, 5.41) is 4.94. The minimum Gasteiger partial charge on any atom is -0.397 e. The third kappa shape index (κ3) is 3.98. The molecule has 0 atom stereocenters. The molecule has 0 bridgehead atoms. The molecule has 45 heavy (non-hydrogen) atoms. The van der Waals surface area contributed by atoms with E-state index in [9.17, 15) is 0 Å². The molecule has 0 saturated carbocycles. The molecule has 0 radical (unpaired) electrons. The number of hydrogen-bond donors (Lipinski definition) is 1. The van der Waals surface area contributed by atoms with Crippen LogP contribution in [-0.2, 0) is 0 Å². The van der Waals surface area contributed by atoms with Gasteiger partial charge in [0.1, 0.15) is 0 Å². The number of rotatable bonds is 4. The van der Waals surface area contributed by atoms with E-state index in [-0.39, 0.29) is 0 Å². The lowest BCUT2D eigenvalue weighted by molar-refractivity contribution is 1.18. The molecule has 9 aromatic rings. The fraction of sp³-hybridized carbons (Fsp3) is 0. The van der Waals surface area contributed by atoms with E-state index in [2.05, 4.69) is 167 Å². The molecule has 9 rings (SSSR count). The van der Waals surface area contributed by atoms with Gasteiger partial charge in [0.05, 0.1) is 33.4 Å². The summed E-state index contributed by atoms with van der Waals surface area (Å²) in [6, 6.07) is 58.5. The second-order valence-electron chi connectivity index (χ2n) is 11.6. The smallest absolute Gasteiger partial charge is 0.0697 e. The second-order valence-corrected chi connectivity index (χ2v) is 11.6. The zero-order valence-corrected chi connectivity index (χ0v) is 24.6. The molecule has 0 aliphatic rings. The Bertz CT molecular complexity index is 2440. The third-order valence-electron chi connectivity index (χ3n) is 9.05. The molecule has 7 aromatic carbocycles. The predicted molar refractivity (Wildman–Crippen MR) is 190 cm³/mol. The van der Waals surface area contributed by atoms with E-state index in [4.69, 9.17) is 5.73 Å². The Labute approximate surface area is 261 Å². The molecule has 0 amide bonds. The van der Waals surface area contributed by atoms with Gasteiger partial charge >= 0.3 is 0 Å². The van der Waals surface area contributed by atoms with Crippen molar-refractivity contribution in [1.82, 2.24) is 9.13 Å². The molecule has 0 aliphatic heterocycles. The molecule has 0 fully saturated rings. The van der Waals surface area contributed by atoms with Gasteiger partial charge in [-0.3, -0.25) is 0 Å². The van der Waals surface area contributed by atoms with E-state index in [1.807, 2.05) is 6.07 Å². The van der Waals surface area contributed by atoms with Gasteiger partial charge in [-0.25, -0.2) is 0 Å². The zero-order chi connectivity index (χ0) is 29.9. The van der Waals surface area contributed by atoms with Crippen molar-refractivity contribution >= 4 is 49.3 Å². The number of anilines is 1. The number of fused-ring (bicyclic) bond motifs is 6. The fourth-order valence-electron chi connectivity index (χ4n) is 7.00. The van der Waals surface area contributed by atoms with Crippen LogP contribution in [0.15, 0.2) is 164 Å². The van der Waals surface area contributed by atoms with Crippen LogP contribution in [0.2, 0.25) is 0 Å². The normalized spacial score (nSPS) is 11.6. The first-order valence-corrected chi connectivity index (χ1v) is 15.3. The van der Waals surface area contributed by atoms with Gasteiger partial charge < -0.3 is 14.9 Å². The topological polar surface area (TPSA) is 35.9 Å². The van der Waals surface area contributed by atoms with Gasteiger partial charge in [-0.05, 0) is 76.9 Å². The predicted octanol–water partition coefficient (Wildman–Crippen LogP) is 10.8. The summed E-state index contributed by atoms with van der Waals surface area (Å²) in [7, 11) is 0. The van der Waals surface area contributed by atoms with Crippen molar-refractivity contribution in [2.45, 2.75) is 0 Å². The number of benzene rings is 7. The van der Waals surface area contributed by atoms with Crippen LogP contribution < -0.4 is 5.73 Å². The monoisotopic (exact) mass is 575 g/mol. The Balaban J connectivity index is 1.32. The number of nitrogen functional groups attached to an aromatic ring is 1. The van der Waals surface area contributed by atoms with Crippen LogP contribution in [0, 0.1) is 0 Å². The van der Waals surface area contributed by atoms with Crippen molar-refractivity contribution in [2.75, 3.05) is 5.73 Å². The van der Waals surface area contributed by atoms with Crippen molar-refractivity contribution in [1.29, 1.82) is 0 Å². The molecular weight excluding hydrogens is 546 g/mol. The quantitative estimate of drug-likeness (QED) is 0.208. The van der Waals surface area contributed by atoms with Crippen molar-refractivity contribution in [3.05, 3.63) is 164 Å². The summed E-state index contributed by atoms with van der Waals surface area (Å²) in [6.07, 6.45) is 0. The average Bonchev–Trinajstić information content (AvgIpc) is 3.62. The van der Waals surface area contributed by atoms with Gasteiger partial charge in [-0.1, -0.05) is 109 Å². The van der Waals surface area contributed by atoms with Gasteiger partial charge in [0.2, 0.25) is 0 Å². The van der Waals surface area contributed by atoms with Crippen molar-refractivity contribution in [3.63, 3.8) is 0 Å². The number of nitrogens with two attached hydrogens (primary N) is 1. The van der Waals surface area contributed by atoms with Crippen LogP contribution in [0.3, 0.4) is 0 Å². The Morgan fingerprint density at radius 2 is 0.778 bits per heavy atom. The number of hydrogen-bond acceptors (Lipinski definition) is 1. The number of nitrogens with zero attached hydrogens (tertiary/aromatic N) is 2. The summed E-state index contributed by atoms with van der Waals surface area (Å²) < 4.78 is 4.70. The van der Waals surface area contributed by atoms with Gasteiger partial charge in [-0.2, -0.15) is 0 Å². The molecule has 2 N–H and O–H groups in total. The highest BCUT2D eigenvalue weighted by Gasteiger charge is 2.17. The molecule has 0 spiro atoms. The van der Waals surface area contributed by atoms with E-state index in [0.29, 0.717) is 0 Å². The van der Waals surface area contributed by atoms with Gasteiger partial charge in [0, 0.05) is 27.2 Å². The Morgan fingerprint density at radius 1 is 0.333 bits per heavy atom. The first-order valence-electron chi connectivity index (χ1n) is 15.3. The molecule has 2 aromatic heterocycles. The zero-order valence-electron chi connectivity index (χ0n) is 24.6. The molecule has 0 aliphatic carbocycles. The summed E-state index contributed by atoms with van der Waals surface area (Å²) in [5.41, 5.74) is 18.9. The van der Waals surface area contributed by atoms with E-state index < -0.39 is 0 Å². The van der Waals surface area contributed by atoms with E-state index in [0.717, 1.165) is 39.2 Å². The van der Waals surface area contributed by atoms with Crippen molar-refractivity contribution < 1.29 is 0 Å². The van der Waals surface area contributed by atoms with Crippen LogP contribution in [0.1, 0.15) is 0 Å². The van der Waals surface area contributed by atoms with Gasteiger partial charge in [0.25, 0.3) is 0 Å². The second kappa shape index (κ2) is 10.0. The number of aromatic nitrogens is 2. The largest absolute Gasteiger partial charge is 0.397 e. The summed E-state index contributed by atoms with van der Waals surface area (Å²) in [4.78, 5) is 0. The minimum atomic E-state index is 0.743. The van der Waals surface area contributed by atoms with E-state index in [1.165, 1.54) is 43.7 Å². The molecule has 2 heterocycles. The number of para-hydroxylation sites is 4. The highest BCUT2D eigenvalue weighted by molar-refractivity contribution is 6.10. The lowest BCUT2D eigenvalue weighted by Gasteiger charge is -2.16. The highest BCUT2D eigenvalue weighted by Crippen LogP contribution is 2.39. The van der Waals surface area contributed by atoms with Gasteiger partial charge in [0.15, 0.2) is 0 Å². The Morgan fingerprint density at radius 3 is 1.31 bits per heavy atom. The molecule has 0 unspecified atom stereocenters. The maximum absolute atomic E-state index is 6.77. The molecular formula is C42H29N3. The molecule has 3 nitrogen and oxygen atoms in total. The maximum atomic E-state index is 6.77. The molecule has 212 valence electrons. The standard InChI is InChI=1S/C42H29N3/c43-37-23-22-29(27-42(37)45-40-20-10-6-16-35(40)36-17-7-11-21-41(36)45)31-24-30(28-12-2-1-3-13-28)25-32(26-31)44-38-18-8-4-14-33(38)34-15-5-9-19-39(34)44/h1-27H,43H2. The van der Waals surface area contributed by atoms with E-state index >= 15 is 0 Å². The fourth-order valence-corrected chi connectivity index (χ4v) is 7.00. The molecule has 0 saturated heterocycles. The minimum absolute atomic E-state index is 0.743. The van der Waals surface area contributed by atoms with Crippen LogP contribution in [0.5, 0.6) is 0 Å². The van der Waals surface area contributed by atoms with Crippen LogP contribution in [-0.4, -0.2) is 9.13 Å². The lowest BCUT2D eigenvalue weighted by atomic mass is 9.97. The Kier molecular flexibility index (Phi) is 5.66.